The van der Waals surface area contributed by atoms with Gasteiger partial charge in [-0.1, -0.05) is 17.3 Å². The quantitative estimate of drug-likeness (QED) is 0.698. The molecule has 21 heavy (non-hydrogen) atoms. The lowest BCUT2D eigenvalue weighted by Gasteiger charge is -2.13. The van der Waals surface area contributed by atoms with Gasteiger partial charge in [0.2, 0.25) is 0 Å². The maximum Gasteiger partial charge on any atom is 0.261 e. The fourth-order valence-corrected chi connectivity index (χ4v) is 2.46. The molecule has 0 N–H and O–H groups in total. The molecule has 108 valence electrons. The highest BCUT2D eigenvalue weighted by Crippen LogP contribution is 2.19. The second kappa shape index (κ2) is 5.33. The molecule has 0 spiro atoms. The molecule has 1 aromatic carbocycles. The minimum Gasteiger partial charge on any atom is -0.361 e. The zero-order valence-electron chi connectivity index (χ0n) is 11.7. The number of fused-ring (bicyclic) bond motifs is 1. The lowest BCUT2D eigenvalue weighted by molar-refractivity contribution is 0.388. The molecule has 2 heterocycles. The third-order valence-electron chi connectivity index (χ3n) is 3.24. The molecule has 0 radical (unpaired) electrons. The maximum absolute atomic E-state index is 12.7. The molecule has 0 bridgehead atoms. The Morgan fingerprint density at radius 3 is 2.81 bits per heavy atom. The van der Waals surface area contributed by atoms with E-state index in [-0.39, 0.29) is 10.9 Å². The lowest BCUT2D eigenvalue weighted by Crippen LogP contribution is -2.26. The number of aromatic nitrogens is 3. The summed E-state index contributed by atoms with van der Waals surface area (Å²) in [5.74, 6) is 1.23. The third-order valence-corrected chi connectivity index (χ3v) is 3.44. The van der Waals surface area contributed by atoms with Crippen molar-refractivity contribution in [3.8, 4) is 0 Å². The van der Waals surface area contributed by atoms with Crippen LogP contribution in [0.1, 0.15) is 29.6 Å². The Balaban J connectivity index is 2.21. The van der Waals surface area contributed by atoms with Crippen molar-refractivity contribution < 1.29 is 4.52 Å². The normalized spacial score (nSPS) is 12.7. The van der Waals surface area contributed by atoms with E-state index < -0.39 is 0 Å². The molecule has 0 aliphatic carbocycles. The summed E-state index contributed by atoms with van der Waals surface area (Å²) < 4.78 is 6.60. The predicted molar refractivity (Wildman–Crippen MR) is 80.6 cm³/mol. The van der Waals surface area contributed by atoms with Gasteiger partial charge in [-0.25, -0.2) is 4.98 Å². The Morgan fingerprint density at radius 2 is 2.14 bits per heavy atom. The highest BCUT2D eigenvalue weighted by Gasteiger charge is 2.16. The SMILES string of the molecule is Cc1cc(Cn2c(C(C)Cl)nc3ccccc3c2=O)no1. The van der Waals surface area contributed by atoms with Gasteiger partial charge in [0.05, 0.1) is 22.8 Å². The maximum atomic E-state index is 12.7. The number of hydrogen-bond donors (Lipinski definition) is 0. The Kier molecular flexibility index (Phi) is 3.51. The van der Waals surface area contributed by atoms with Crippen molar-refractivity contribution >= 4 is 22.5 Å². The Morgan fingerprint density at radius 1 is 1.38 bits per heavy atom. The summed E-state index contributed by atoms with van der Waals surface area (Å²) in [6, 6.07) is 9.04. The van der Waals surface area contributed by atoms with E-state index in [4.69, 9.17) is 16.1 Å². The smallest absolute Gasteiger partial charge is 0.261 e. The molecular weight excluding hydrogens is 290 g/mol. The second-order valence-corrected chi connectivity index (χ2v) is 5.58. The first-order valence-corrected chi connectivity index (χ1v) is 7.05. The van der Waals surface area contributed by atoms with E-state index >= 15 is 0 Å². The van der Waals surface area contributed by atoms with Gasteiger partial charge in [0.25, 0.3) is 5.56 Å². The largest absolute Gasteiger partial charge is 0.361 e. The first kappa shape index (κ1) is 13.8. The molecule has 3 rings (SSSR count). The molecule has 0 fully saturated rings. The predicted octanol–water partition coefficient (Wildman–Crippen LogP) is 3.04. The number of para-hydroxylation sites is 1. The van der Waals surface area contributed by atoms with Crippen LogP contribution in [0.15, 0.2) is 39.6 Å². The molecule has 1 unspecified atom stereocenters. The Labute approximate surface area is 126 Å². The van der Waals surface area contributed by atoms with Crippen LogP contribution in [-0.4, -0.2) is 14.7 Å². The van der Waals surface area contributed by atoms with Gasteiger partial charge in [-0.3, -0.25) is 9.36 Å². The molecular formula is C15H14ClN3O2. The van der Waals surface area contributed by atoms with Crippen LogP contribution in [0.2, 0.25) is 0 Å². The van der Waals surface area contributed by atoms with Gasteiger partial charge in [0.1, 0.15) is 17.3 Å². The molecule has 0 aliphatic rings. The van der Waals surface area contributed by atoms with E-state index in [1.54, 1.807) is 23.6 Å². The zero-order chi connectivity index (χ0) is 15.0. The number of aryl methyl sites for hydroxylation is 1. The van der Waals surface area contributed by atoms with Crippen molar-refractivity contribution in [3.05, 3.63) is 58.0 Å². The van der Waals surface area contributed by atoms with Crippen molar-refractivity contribution in [3.63, 3.8) is 0 Å². The first-order chi connectivity index (χ1) is 10.1. The Bertz CT molecular complexity index is 851. The summed E-state index contributed by atoms with van der Waals surface area (Å²) in [7, 11) is 0. The molecule has 6 heteroatoms. The van der Waals surface area contributed by atoms with E-state index in [9.17, 15) is 4.79 Å². The van der Waals surface area contributed by atoms with Crippen molar-refractivity contribution in [2.75, 3.05) is 0 Å². The zero-order valence-corrected chi connectivity index (χ0v) is 12.5. The van der Waals surface area contributed by atoms with Crippen LogP contribution in [0, 0.1) is 6.92 Å². The molecule has 5 nitrogen and oxygen atoms in total. The summed E-state index contributed by atoms with van der Waals surface area (Å²) in [4.78, 5) is 17.2. The lowest BCUT2D eigenvalue weighted by atomic mass is 10.2. The molecule has 1 atom stereocenters. The monoisotopic (exact) mass is 303 g/mol. The van der Waals surface area contributed by atoms with E-state index in [1.165, 1.54) is 0 Å². The van der Waals surface area contributed by atoms with Gasteiger partial charge in [-0.15, -0.1) is 11.6 Å². The standard InChI is InChI=1S/C15H14ClN3O2/c1-9-7-11(18-21-9)8-19-14(10(2)16)17-13-6-4-3-5-12(13)15(19)20/h3-7,10H,8H2,1-2H3. The van der Waals surface area contributed by atoms with Crippen molar-refractivity contribution in [2.24, 2.45) is 0 Å². The van der Waals surface area contributed by atoms with Crippen LogP contribution >= 0.6 is 11.6 Å². The highest BCUT2D eigenvalue weighted by atomic mass is 35.5. The molecule has 2 aromatic heterocycles. The van der Waals surface area contributed by atoms with Gasteiger partial charge in [0, 0.05) is 6.07 Å². The van der Waals surface area contributed by atoms with Gasteiger partial charge in [-0.2, -0.15) is 0 Å². The minimum atomic E-state index is -0.379. The van der Waals surface area contributed by atoms with Gasteiger partial charge < -0.3 is 4.52 Å². The number of rotatable bonds is 3. The van der Waals surface area contributed by atoms with Gasteiger partial charge >= 0.3 is 0 Å². The van der Waals surface area contributed by atoms with Crippen molar-refractivity contribution in [1.29, 1.82) is 0 Å². The average molecular weight is 304 g/mol. The number of halogens is 1. The van der Waals surface area contributed by atoms with Gasteiger partial charge in [-0.05, 0) is 26.0 Å². The fourth-order valence-electron chi connectivity index (χ4n) is 2.30. The topological polar surface area (TPSA) is 60.9 Å². The summed E-state index contributed by atoms with van der Waals surface area (Å²) in [6.45, 7) is 3.89. The van der Waals surface area contributed by atoms with Crippen LogP contribution < -0.4 is 5.56 Å². The van der Waals surface area contributed by atoms with E-state index in [2.05, 4.69) is 10.1 Å². The van der Waals surface area contributed by atoms with Crippen LogP contribution in [0.5, 0.6) is 0 Å². The molecule has 0 saturated heterocycles. The third kappa shape index (κ3) is 2.56. The number of hydrogen-bond acceptors (Lipinski definition) is 4. The highest BCUT2D eigenvalue weighted by molar-refractivity contribution is 6.20. The summed E-state index contributed by atoms with van der Waals surface area (Å²) in [5, 5.41) is 4.12. The Hall–Kier alpha value is -2.14. The fraction of sp³-hybridized carbons (Fsp3) is 0.267. The first-order valence-electron chi connectivity index (χ1n) is 6.62. The molecule has 0 amide bonds. The van der Waals surface area contributed by atoms with Crippen molar-refractivity contribution in [1.82, 2.24) is 14.7 Å². The van der Waals surface area contributed by atoms with Crippen LogP contribution in [-0.2, 0) is 6.54 Å². The van der Waals surface area contributed by atoms with Crippen molar-refractivity contribution in [2.45, 2.75) is 25.8 Å². The van der Waals surface area contributed by atoms with Crippen LogP contribution in [0.4, 0.5) is 0 Å². The van der Waals surface area contributed by atoms with Crippen LogP contribution in [0.25, 0.3) is 10.9 Å². The summed E-state index contributed by atoms with van der Waals surface area (Å²) >= 11 is 6.19. The number of benzene rings is 1. The van der Waals surface area contributed by atoms with E-state index in [1.807, 2.05) is 25.1 Å². The molecule has 0 saturated carbocycles. The minimum absolute atomic E-state index is 0.122. The number of alkyl halides is 1. The molecule has 3 aromatic rings. The summed E-state index contributed by atoms with van der Waals surface area (Å²) in [6.07, 6.45) is 0. The van der Waals surface area contributed by atoms with Crippen LogP contribution in [0.3, 0.4) is 0 Å². The summed E-state index contributed by atoms with van der Waals surface area (Å²) in [5.41, 5.74) is 1.20. The average Bonchev–Trinajstić information content (AvgIpc) is 2.87. The van der Waals surface area contributed by atoms with E-state index in [0.717, 1.165) is 0 Å². The molecule has 0 aliphatic heterocycles. The second-order valence-electron chi connectivity index (χ2n) is 4.92. The van der Waals surface area contributed by atoms with E-state index in [0.29, 0.717) is 34.7 Å². The number of nitrogens with zero attached hydrogens (tertiary/aromatic N) is 3. The van der Waals surface area contributed by atoms with Gasteiger partial charge in [0.15, 0.2) is 0 Å².